The molecular formula is C17H28N4O2. The summed E-state index contributed by atoms with van der Waals surface area (Å²) in [5.41, 5.74) is 0.706. The quantitative estimate of drug-likeness (QED) is 0.875. The first kappa shape index (κ1) is 17.5. The summed E-state index contributed by atoms with van der Waals surface area (Å²) in [6.07, 6.45) is 9.24. The van der Waals surface area contributed by atoms with Gasteiger partial charge in [0.1, 0.15) is 5.60 Å². The Kier molecular flexibility index (Phi) is 5.82. The van der Waals surface area contributed by atoms with Crippen molar-refractivity contribution in [1.82, 2.24) is 20.4 Å². The average Bonchev–Trinajstić information content (AvgIpc) is 2.92. The summed E-state index contributed by atoms with van der Waals surface area (Å²) < 4.78 is 7.01. The van der Waals surface area contributed by atoms with Crippen LogP contribution in [0.5, 0.6) is 0 Å². The number of nitrogens with zero attached hydrogens (tertiary/aromatic N) is 2. The molecule has 23 heavy (non-hydrogen) atoms. The maximum absolute atomic E-state index is 11.8. The zero-order valence-electron chi connectivity index (χ0n) is 14.3. The molecule has 1 fully saturated rings. The maximum Gasteiger partial charge on any atom is 0.407 e. The second-order valence-electron chi connectivity index (χ2n) is 7.09. The summed E-state index contributed by atoms with van der Waals surface area (Å²) in [5, 5.41) is 10.7. The predicted octanol–water partition coefficient (Wildman–Crippen LogP) is 2.91. The molecular weight excluding hydrogens is 292 g/mol. The fourth-order valence-corrected chi connectivity index (χ4v) is 2.75. The van der Waals surface area contributed by atoms with Crippen molar-refractivity contribution in [2.45, 2.75) is 70.7 Å². The van der Waals surface area contributed by atoms with Crippen molar-refractivity contribution in [3.05, 3.63) is 24.5 Å². The van der Waals surface area contributed by atoms with Crippen molar-refractivity contribution in [3.63, 3.8) is 0 Å². The van der Waals surface area contributed by atoms with Crippen LogP contribution >= 0.6 is 0 Å². The summed E-state index contributed by atoms with van der Waals surface area (Å²) >= 11 is 0. The molecule has 1 saturated carbocycles. The van der Waals surface area contributed by atoms with Crippen LogP contribution in [0.2, 0.25) is 0 Å². The normalized spacial score (nSPS) is 21.7. The van der Waals surface area contributed by atoms with Crippen molar-refractivity contribution < 1.29 is 9.53 Å². The van der Waals surface area contributed by atoms with Gasteiger partial charge in [0.05, 0.1) is 6.20 Å². The van der Waals surface area contributed by atoms with Crippen LogP contribution < -0.4 is 10.6 Å². The SMILES string of the molecule is C=Cn1cc(CNC2CCC(NC(=O)OC(C)(C)C)CC2)cn1. The second kappa shape index (κ2) is 7.64. The van der Waals surface area contributed by atoms with Gasteiger partial charge in [-0.2, -0.15) is 5.10 Å². The third-order valence-corrected chi connectivity index (χ3v) is 3.88. The second-order valence-corrected chi connectivity index (χ2v) is 7.09. The van der Waals surface area contributed by atoms with E-state index in [2.05, 4.69) is 22.3 Å². The third kappa shape index (κ3) is 6.06. The number of alkyl carbamates (subject to hydrolysis) is 1. The van der Waals surface area contributed by atoms with Gasteiger partial charge in [-0.15, -0.1) is 0 Å². The highest BCUT2D eigenvalue weighted by molar-refractivity contribution is 5.68. The number of hydrogen-bond donors (Lipinski definition) is 2. The Bertz CT molecular complexity index is 525. The Morgan fingerprint density at radius 3 is 2.61 bits per heavy atom. The Labute approximate surface area is 138 Å². The molecule has 1 aliphatic carbocycles. The lowest BCUT2D eigenvalue weighted by atomic mass is 9.91. The third-order valence-electron chi connectivity index (χ3n) is 3.88. The molecule has 0 saturated heterocycles. The zero-order chi connectivity index (χ0) is 16.9. The number of carbonyl (C=O) groups excluding carboxylic acids is 1. The minimum atomic E-state index is -0.446. The molecule has 1 heterocycles. The van der Waals surface area contributed by atoms with E-state index >= 15 is 0 Å². The minimum Gasteiger partial charge on any atom is -0.444 e. The number of aromatic nitrogens is 2. The molecule has 1 amide bonds. The summed E-state index contributed by atoms with van der Waals surface area (Å²) in [6.45, 7) is 10.1. The van der Waals surface area contributed by atoms with Crippen LogP contribution in [0, 0.1) is 0 Å². The molecule has 1 aliphatic rings. The van der Waals surface area contributed by atoms with Crippen LogP contribution in [0.15, 0.2) is 19.0 Å². The van der Waals surface area contributed by atoms with Gasteiger partial charge in [0.2, 0.25) is 0 Å². The van der Waals surface area contributed by atoms with Crippen molar-refractivity contribution in [2.24, 2.45) is 0 Å². The lowest BCUT2D eigenvalue weighted by Crippen LogP contribution is -2.43. The average molecular weight is 320 g/mol. The Morgan fingerprint density at radius 2 is 2.04 bits per heavy atom. The molecule has 0 aliphatic heterocycles. The van der Waals surface area contributed by atoms with E-state index in [0.29, 0.717) is 6.04 Å². The van der Waals surface area contributed by atoms with Gasteiger partial charge in [-0.05, 0) is 46.5 Å². The number of carbonyl (C=O) groups is 1. The van der Waals surface area contributed by atoms with Crippen LogP contribution in [0.4, 0.5) is 4.79 Å². The molecule has 0 spiro atoms. The van der Waals surface area contributed by atoms with E-state index in [-0.39, 0.29) is 12.1 Å². The van der Waals surface area contributed by atoms with Crippen molar-refractivity contribution in [2.75, 3.05) is 0 Å². The first-order chi connectivity index (χ1) is 10.9. The molecule has 6 nitrogen and oxygen atoms in total. The van der Waals surface area contributed by atoms with Crippen molar-refractivity contribution in [1.29, 1.82) is 0 Å². The molecule has 0 unspecified atom stereocenters. The van der Waals surface area contributed by atoms with Gasteiger partial charge < -0.3 is 15.4 Å². The van der Waals surface area contributed by atoms with E-state index in [0.717, 1.165) is 37.8 Å². The van der Waals surface area contributed by atoms with Gasteiger partial charge >= 0.3 is 6.09 Å². The van der Waals surface area contributed by atoms with Crippen LogP contribution in [-0.4, -0.2) is 33.6 Å². The highest BCUT2D eigenvalue weighted by Gasteiger charge is 2.24. The van der Waals surface area contributed by atoms with E-state index in [1.54, 1.807) is 10.9 Å². The molecule has 0 radical (unpaired) electrons. The molecule has 0 atom stereocenters. The fraction of sp³-hybridized carbons (Fsp3) is 0.647. The fourth-order valence-electron chi connectivity index (χ4n) is 2.75. The van der Waals surface area contributed by atoms with Gasteiger partial charge in [-0.1, -0.05) is 6.58 Å². The largest absolute Gasteiger partial charge is 0.444 e. The van der Waals surface area contributed by atoms with Gasteiger partial charge in [-0.25, -0.2) is 9.48 Å². The smallest absolute Gasteiger partial charge is 0.407 e. The molecule has 1 aromatic rings. The number of rotatable bonds is 5. The Hall–Kier alpha value is -1.82. The van der Waals surface area contributed by atoms with Crippen LogP contribution in [-0.2, 0) is 11.3 Å². The van der Waals surface area contributed by atoms with Crippen LogP contribution in [0.3, 0.4) is 0 Å². The summed E-state index contributed by atoms with van der Waals surface area (Å²) in [7, 11) is 0. The number of nitrogens with one attached hydrogen (secondary N) is 2. The van der Waals surface area contributed by atoms with Gasteiger partial charge in [-0.3, -0.25) is 0 Å². The van der Waals surface area contributed by atoms with Crippen molar-refractivity contribution in [3.8, 4) is 0 Å². The highest BCUT2D eigenvalue weighted by Crippen LogP contribution is 2.19. The maximum atomic E-state index is 11.8. The topological polar surface area (TPSA) is 68.2 Å². The van der Waals surface area contributed by atoms with E-state index < -0.39 is 5.60 Å². The van der Waals surface area contributed by atoms with Gasteiger partial charge in [0, 0.05) is 36.6 Å². The van der Waals surface area contributed by atoms with E-state index in [1.165, 1.54) is 0 Å². The number of amides is 1. The zero-order valence-corrected chi connectivity index (χ0v) is 14.3. The molecule has 6 heteroatoms. The standard InChI is InChI=1S/C17H28N4O2/c1-5-21-12-13(11-19-21)10-18-14-6-8-15(9-7-14)20-16(22)23-17(2,3)4/h5,11-12,14-15,18H,1,6-10H2,2-4H3,(H,20,22). The lowest BCUT2D eigenvalue weighted by molar-refractivity contribution is 0.0490. The lowest BCUT2D eigenvalue weighted by Gasteiger charge is -2.30. The van der Waals surface area contributed by atoms with Gasteiger partial charge in [0.15, 0.2) is 0 Å². The first-order valence-electron chi connectivity index (χ1n) is 8.24. The monoisotopic (exact) mass is 320 g/mol. The number of hydrogen-bond acceptors (Lipinski definition) is 4. The van der Waals surface area contributed by atoms with E-state index in [1.807, 2.05) is 33.2 Å². The van der Waals surface area contributed by atoms with E-state index in [9.17, 15) is 4.79 Å². The first-order valence-corrected chi connectivity index (χ1v) is 8.24. The van der Waals surface area contributed by atoms with E-state index in [4.69, 9.17) is 4.74 Å². The Morgan fingerprint density at radius 1 is 1.39 bits per heavy atom. The molecule has 128 valence electrons. The summed E-state index contributed by atoms with van der Waals surface area (Å²) in [6, 6.07) is 0.699. The predicted molar refractivity (Wildman–Crippen MR) is 90.9 cm³/mol. The van der Waals surface area contributed by atoms with Gasteiger partial charge in [0.25, 0.3) is 0 Å². The molecule has 1 aromatic heterocycles. The van der Waals surface area contributed by atoms with Crippen LogP contribution in [0.1, 0.15) is 52.0 Å². The van der Waals surface area contributed by atoms with Crippen LogP contribution in [0.25, 0.3) is 6.20 Å². The summed E-state index contributed by atoms with van der Waals surface area (Å²) in [4.78, 5) is 11.8. The van der Waals surface area contributed by atoms with Crippen molar-refractivity contribution >= 4 is 12.3 Å². The molecule has 0 bridgehead atoms. The molecule has 2 rings (SSSR count). The highest BCUT2D eigenvalue weighted by atomic mass is 16.6. The molecule has 0 aromatic carbocycles. The summed E-state index contributed by atoms with van der Waals surface area (Å²) in [5.74, 6) is 0. The Balaban J connectivity index is 1.67. The minimum absolute atomic E-state index is 0.214. The molecule has 2 N–H and O–H groups in total. The number of ether oxygens (including phenoxy) is 1.